The average molecular weight is 423 g/mol. The van der Waals surface area contributed by atoms with E-state index in [1.54, 1.807) is 12.1 Å². The van der Waals surface area contributed by atoms with Gasteiger partial charge in [-0.15, -0.1) is 0 Å². The summed E-state index contributed by atoms with van der Waals surface area (Å²) in [6.07, 6.45) is 1.02. The Morgan fingerprint density at radius 3 is 1.86 bits per heavy atom. The second kappa shape index (κ2) is 7.85. The van der Waals surface area contributed by atoms with Crippen LogP contribution in [-0.2, 0) is 20.0 Å². The van der Waals surface area contributed by atoms with Crippen molar-refractivity contribution < 1.29 is 16.8 Å². The molecule has 0 bridgehead atoms. The molecule has 3 rings (SSSR count). The number of sulfonamides is 2. The molecule has 2 aromatic carbocycles. The molecule has 28 heavy (non-hydrogen) atoms. The molecule has 2 aromatic rings. The third kappa shape index (κ3) is 4.56. The number of benzene rings is 2. The van der Waals surface area contributed by atoms with Crippen molar-refractivity contribution in [3.63, 3.8) is 0 Å². The van der Waals surface area contributed by atoms with Gasteiger partial charge in [-0.25, -0.2) is 16.8 Å². The van der Waals surface area contributed by atoms with Crippen LogP contribution in [0.25, 0.3) is 0 Å². The summed E-state index contributed by atoms with van der Waals surface area (Å²) in [7, 11) is -7.31. The fourth-order valence-corrected chi connectivity index (χ4v) is 6.32. The lowest BCUT2D eigenvalue weighted by Crippen LogP contribution is -2.42. The van der Waals surface area contributed by atoms with Gasteiger partial charge in [0.15, 0.2) is 0 Å². The Balaban J connectivity index is 1.78. The largest absolute Gasteiger partial charge is 0.280 e. The Morgan fingerprint density at radius 2 is 1.32 bits per heavy atom. The first-order chi connectivity index (χ1) is 13.1. The smallest absolute Gasteiger partial charge is 0.261 e. The van der Waals surface area contributed by atoms with Crippen LogP contribution in [0.15, 0.2) is 58.3 Å². The fraction of sp³-hybridized carbons (Fsp3) is 0.400. The molecule has 0 aliphatic carbocycles. The Hall–Kier alpha value is -1.90. The molecule has 2 atom stereocenters. The van der Waals surface area contributed by atoms with Crippen molar-refractivity contribution in [2.24, 2.45) is 11.8 Å². The molecule has 8 heteroatoms. The number of nitrogens with one attached hydrogen (secondary N) is 1. The first kappa shape index (κ1) is 20.8. The molecule has 0 saturated carbocycles. The van der Waals surface area contributed by atoms with E-state index in [4.69, 9.17) is 0 Å². The zero-order valence-corrected chi connectivity index (χ0v) is 17.9. The van der Waals surface area contributed by atoms with Gasteiger partial charge in [0.05, 0.1) is 9.79 Å². The van der Waals surface area contributed by atoms with E-state index in [2.05, 4.69) is 18.6 Å². The van der Waals surface area contributed by atoms with Crippen molar-refractivity contribution in [3.05, 3.63) is 54.1 Å². The molecule has 1 N–H and O–H groups in total. The fourth-order valence-electron chi connectivity index (χ4n) is 3.58. The van der Waals surface area contributed by atoms with Crippen molar-refractivity contribution in [2.75, 3.05) is 17.8 Å². The van der Waals surface area contributed by atoms with E-state index in [9.17, 15) is 16.8 Å². The van der Waals surface area contributed by atoms with Gasteiger partial charge in [0.2, 0.25) is 10.0 Å². The second-order valence-corrected chi connectivity index (χ2v) is 11.3. The second-order valence-electron chi connectivity index (χ2n) is 7.71. The van der Waals surface area contributed by atoms with Gasteiger partial charge in [-0.05, 0) is 61.6 Å². The lowest BCUT2D eigenvalue weighted by molar-refractivity contribution is 0.222. The Bertz CT molecular complexity index is 1020. The van der Waals surface area contributed by atoms with Gasteiger partial charge >= 0.3 is 0 Å². The highest BCUT2D eigenvalue weighted by atomic mass is 32.2. The summed E-state index contributed by atoms with van der Waals surface area (Å²) in [5, 5.41) is 0. The highest BCUT2D eigenvalue weighted by Crippen LogP contribution is 2.27. The molecule has 1 aliphatic heterocycles. The normalized spacial score (nSPS) is 21.4. The monoisotopic (exact) mass is 422 g/mol. The van der Waals surface area contributed by atoms with Gasteiger partial charge in [-0.1, -0.05) is 31.5 Å². The van der Waals surface area contributed by atoms with E-state index in [-0.39, 0.29) is 9.79 Å². The molecular weight excluding hydrogens is 396 g/mol. The predicted octanol–water partition coefficient (Wildman–Crippen LogP) is 3.46. The van der Waals surface area contributed by atoms with E-state index >= 15 is 0 Å². The number of aryl methyl sites for hydroxylation is 1. The van der Waals surface area contributed by atoms with Crippen molar-refractivity contribution >= 4 is 25.7 Å². The van der Waals surface area contributed by atoms with Gasteiger partial charge in [-0.3, -0.25) is 4.72 Å². The third-order valence-electron chi connectivity index (χ3n) is 4.91. The lowest BCUT2D eigenvalue weighted by atomic mass is 9.94. The van der Waals surface area contributed by atoms with Crippen LogP contribution in [0.2, 0.25) is 0 Å². The third-order valence-corrected chi connectivity index (χ3v) is 8.15. The summed E-state index contributed by atoms with van der Waals surface area (Å²) in [5.74, 6) is 0.637. The zero-order chi connectivity index (χ0) is 20.5. The molecular formula is C20H26N2O4S2. The van der Waals surface area contributed by atoms with Crippen LogP contribution < -0.4 is 4.72 Å². The van der Waals surface area contributed by atoms with E-state index < -0.39 is 20.0 Å². The Labute approximate surface area is 167 Å². The molecule has 0 unspecified atom stereocenters. The van der Waals surface area contributed by atoms with Crippen molar-refractivity contribution in [1.29, 1.82) is 0 Å². The number of hydrogen-bond donors (Lipinski definition) is 1. The maximum Gasteiger partial charge on any atom is 0.261 e. The summed E-state index contributed by atoms with van der Waals surface area (Å²) in [4.78, 5) is 0.332. The molecule has 0 radical (unpaired) electrons. The summed E-state index contributed by atoms with van der Waals surface area (Å²) >= 11 is 0. The van der Waals surface area contributed by atoms with Gasteiger partial charge < -0.3 is 0 Å². The van der Waals surface area contributed by atoms with E-state index in [1.165, 1.54) is 40.7 Å². The van der Waals surface area contributed by atoms with E-state index in [0.717, 1.165) is 12.0 Å². The summed E-state index contributed by atoms with van der Waals surface area (Å²) in [6, 6.07) is 12.4. The molecule has 152 valence electrons. The summed E-state index contributed by atoms with van der Waals surface area (Å²) < 4.78 is 54.8. The van der Waals surface area contributed by atoms with Crippen LogP contribution in [0, 0.1) is 18.8 Å². The maximum absolute atomic E-state index is 12.9. The molecule has 0 aromatic heterocycles. The van der Waals surface area contributed by atoms with Crippen molar-refractivity contribution in [1.82, 2.24) is 4.31 Å². The SMILES string of the molecule is Cc1ccc(S(=O)(=O)Nc2ccc(S(=O)(=O)N3C[C@H](C)C[C@H](C)C3)cc2)cc1. The van der Waals surface area contributed by atoms with Crippen LogP contribution in [0.3, 0.4) is 0 Å². The van der Waals surface area contributed by atoms with Gasteiger partial charge in [0, 0.05) is 18.8 Å². The standard InChI is InChI=1S/C20H26N2O4S2/c1-15-4-8-19(9-5-15)27(23,24)21-18-6-10-20(11-7-18)28(25,26)22-13-16(2)12-17(3)14-22/h4-11,16-17,21H,12-14H2,1-3H3/t16-,17+. The van der Waals surface area contributed by atoms with Crippen molar-refractivity contribution in [2.45, 2.75) is 37.0 Å². The Kier molecular flexibility index (Phi) is 5.84. The molecule has 1 fully saturated rings. The quantitative estimate of drug-likeness (QED) is 0.800. The first-order valence-electron chi connectivity index (χ1n) is 9.27. The van der Waals surface area contributed by atoms with Gasteiger partial charge in [0.25, 0.3) is 10.0 Å². The average Bonchev–Trinajstić information content (AvgIpc) is 2.61. The minimum absolute atomic E-state index is 0.158. The molecule has 1 aliphatic rings. The number of nitrogens with zero attached hydrogens (tertiary/aromatic N) is 1. The minimum atomic E-state index is -3.72. The van der Waals surface area contributed by atoms with E-state index in [1.807, 2.05) is 6.92 Å². The topological polar surface area (TPSA) is 83.5 Å². The van der Waals surface area contributed by atoms with Crippen molar-refractivity contribution in [3.8, 4) is 0 Å². The van der Waals surface area contributed by atoms with Crippen LogP contribution in [0.4, 0.5) is 5.69 Å². The number of rotatable bonds is 5. The van der Waals surface area contributed by atoms with E-state index in [0.29, 0.717) is 30.6 Å². The maximum atomic E-state index is 12.9. The van der Waals surface area contributed by atoms with Gasteiger partial charge in [-0.2, -0.15) is 4.31 Å². The molecule has 1 saturated heterocycles. The first-order valence-corrected chi connectivity index (χ1v) is 12.2. The Morgan fingerprint density at radius 1 is 0.821 bits per heavy atom. The summed E-state index contributed by atoms with van der Waals surface area (Å²) in [5.41, 5.74) is 1.29. The van der Waals surface area contributed by atoms with Crippen LogP contribution in [-0.4, -0.2) is 34.2 Å². The van der Waals surface area contributed by atoms with Crippen LogP contribution in [0.5, 0.6) is 0 Å². The predicted molar refractivity (Wildman–Crippen MR) is 110 cm³/mol. The minimum Gasteiger partial charge on any atom is -0.280 e. The number of anilines is 1. The highest BCUT2D eigenvalue weighted by molar-refractivity contribution is 7.92. The number of hydrogen-bond acceptors (Lipinski definition) is 4. The molecule has 0 amide bonds. The van der Waals surface area contributed by atoms with Crippen LogP contribution in [0.1, 0.15) is 25.8 Å². The molecule has 1 heterocycles. The number of piperidine rings is 1. The molecule has 0 spiro atoms. The zero-order valence-electron chi connectivity index (χ0n) is 16.3. The lowest BCUT2D eigenvalue weighted by Gasteiger charge is -2.34. The highest BCUT2D eigenvalue weighted by Gasteiger charge is 2.31. The summed E-state index contributed by atoms with van der Waals surface area (Å²) in [6.45, 7) is 7.01. The molecule has 6 nitrogen and oxygen atoms in total. The van der Waals surface area contributed by atoms with Gasteiger partial charge in [0.1, 0.15) is 0 Å². The van der Waals surface area contributed by atoms with Crippen LogP contribution >= 0.6 is 0 Å².